The molecule has 0 N–H and O–H groups in total. The maximum Gasteiger partial charge on any atom is 0.501 e. The van der Waals surface area contributed by atoms with E-state index in [1.807, 2.05) is 27.7 Å². The van der Waals surface area contributed by atoms with E-state index in [-0.39, 0.29) is 12.2 Å². The van der Waals surface area contributed by atoms with Gasteiger partial charge >= 0.3 is 15.0 Å². The highest BCUT2D eigenvalue weighted by molar-refractivity contribution is 6.60. The van der Waals surface area contributed by atoms with Crippen LogP contribution in [0.25, 0.3) is 0 Å². The minimum atomic E-state index is -4.32. The Hall–Kier alpha value is -0.893. The van der Waals surface area contributed by atoms with Gasteiger partial charge < -0.3 is 13.3 Å². The topological polar surface area (TPSA) is 27.7 Å². The van der Waals surface area contributed by atoms with Crippen LogP contribution in [0.2, 0.25) is 6.04 Å². The average molecular weight is 364 g/mol. The Morgan fingerprint density at radius 3 is 2.08 bits per heavy atom. The number of alkyl halides is 3. The Bertz CT molecular complexity index is 494. The highest BCUT2D eigenvalue weighted by Crippen LogP contribution is 2.30. The molecule has 0 saturated carbocycles. The first-order valence-corrected chi connectivity index (χ1v) is 10.1. The number of hydrogen-bond donors (Lipinski definition) is 0. The van der Waals surface area contributed by atoms with E-state index in [2.05, 4.69) is 0 Å². The van der Waals surface area contributed by atoms with E-state index >= 15 is 0 Å². The predicted octanol–water partition coefficient (Wildman–Crippen LogP) is 5.07. The minimum absolute atomic E-state index is 0.0380. The molecule has 0 bridgehead atoms. The molecule has 0 aliphatic heterocycles. The van der Waals surface area contributed by atoms with Gasteiger partial charge in [0, 0.05) is 25.4 Å². The summed E-state index contributed by atoms with van der Waals surface area (Å²) in [5, 5.41) is 0. The number of hydrogen-bond acceptors (Lipinski definition) is 3. The summed E-state index contributed by atoms with van der Waals surface area (Å²) in [6.45, 7) is 7.66. The molecule has 3 nitrogen and oxygen atoms in total. The summed E-state index contributed by atoms with van der Waals surface area (Å²) in [5.74, 6) is 0. The van der Waals surface area contributed by atoms with Gasteiger partial charge in [-0.15, -0.1) is 0 Å². The highest BCUT2D eigenvalue weighted by atomic mass is 28.4. The molecule has 24 heavy (non-hydrogen) atoms. The lowest BCUT2D eigenvalue weighted by molar-refractivity contribution is -0.137. The summed E-state index contributed by atoms with van der Waals surface area (Å²) >= 11 is 0. The fourth-order valence-electron chi connectivity index (χ4n) is 2.47. The van der Waals surface area contributed by atoms with Crippen molar-refractivity contribution in [2.75, 3.05) is 7.11 Å². The summed E-state index contributed by atoms with van der Waals surface area (Å²) in [5.41, 5.74) is 0.0324. The smallest absolute Gasteiger partial charge is 0.377 e. The molecule has 0 radical (unpaired) electrons. The van der Waals surface area contributed by atoms with Gasteiger partial charge in [0.05, 0.1) is 5.56 Å². The fraction of sp³-hybridized carbons (Fsp3) is 0.647. The average Bonchev–Trinajstić information content (AvgIpc) is 2.45. The Balaban J connectivity index is 2.74. The van der Waals surface area contributed by atoms with Crippen LogP contribution in [0.5, 0.6) is 0 Å². The summed E-state index contributed by atoms with van der Waals surface area (Å²) in [4.78, 5) is 0. The van der Waals surface area contributed by atoms with Crippen molar-refractivity contribution in [2.45, 2.75) is 65.0 Å². The second-order valence-electron chi connectivity index (χ2n) is 6.27. The lowest BCUT2D eigenvalue weighted by Gasteiger charge is -2.31. The number of rotatable bonds is 9. The fourth-order valence-corrected chi connectivity index (χ4v) is 5.21. The lowest BCUT2D eigenvalue weighted by atomic mass is 10.1. The Kier molecular flexibility index (Phi) is 7.92. The van der Waals surface area contributed by atoms with Crippen molar-refractivity contribution in [1.82, 2.24) is 0 Å². The van der Waals surface area contributed by atoms with E-state index in [4.69, 9.17) is 13.3 Å². The van der Waals surface area contributed by atoms with E-state index in [0.717, 1.165) is 6.07 Å². The highest BCUT2D eigenvalue weighted by Gasteiger charge is 2.41. The van der Waals surface area contributed by atoms with Gasteiger partial charge in [-0.05, 0) is 52.2 Å². The van der Waals surface area contributed by atoms with Gasteiger partial charge in [-0.1, -0.05) is 18.2 Å². The van der Waals surface area contributed by atoms with Crippen LogP contribution in [0.4, 0.5) is 13.2 Å². The zero-order valence-electron chi connectivity index (χ0n) is 14.9. The molecule has 7 heteroatoms. The molecule has 1 aromatic carbocycles. The molecule has 0 amide bonds. The van der Waals surface area contributed by atoms with Crippen LogP contribution in [0.15, 0.2) is 24.3 Å². The van der Waals surface area contributed by atoms with Crippen LogP contribution in [0.1, 0.15) is 45.2 Å². The zero-order valence-corrected chi connectivity index (χ0v) is 15.9. The molecule has 0 atom stereocenters. The van der Waals surface area contributed by atoms with Gasteiger partial charge in [-0.3, -0.25) is 0 Å². The van der Waals surface area contributed by atoms with Gasteiger partial charge in [-0.25, -0.2) is 0 Å². The third-order valence-corrected chi connectivity index (χ3v) is 6.59. The maximum atomic E-state index is 12.8. The summed E-state index contributed by atoms with van der Waals surface area (Å²) < 4.78 is 55.7. The minimum Gasteiger partial charge on any atom is -0.377 e. The molecule has 1 rings (SSSR count). The summed E-state index contributed by atoms with van der Waals surface area (Å²) in [6.07, 6.45) is -3.23. The van der Waals surface area contributed by atoms with Crippen molar-refractivity contribution in [3.63, 3.8) is 0 Å². The third-order valence-electron chi connectivity index (χ3n) is 3.34. The second-order valence-corrected chi connectivity index (χ2v) is 9.02. The van der Waals surface area contributed by atoms with Crippen molar-refractivity contribution < 1.29 is 26.4 Å². The van der Waals surface area contributed by atoms with Crippen LogP contribution in [-0.2, 0) is 25.9 Å². The van der Waals surface area contributed by atoms with Crippen LogP contribution in [0.3, 0.4) is 0 Å². The monoisotopic (exact) mass is 364 g/mol. The summed E-state index contributed by atoms with van der Waals surface area (Å²) in [7, 11) is -1.25. The largest absolute Gasteiger partial charge is 0.501 e. The van der Waals surface area contributed by atoms with Crippen molar-refractivity contribution in [2.24, 2.45) is 0 Å². The standard InChI is InChI=1S/C17H27F3O3Si/c1-13(2)22-24(21-5,23-14(3)4)11-7-9-15-8-6-10-16(12-15)17(18,19)20/h6,8,10,12-14H,7,9,11H2,1-5H3. The molecular formula is C17H27F3O3Si. The number of halogens is 3. The third kappa shape index (κ3) is 6.92. The van der Waals surface area contributed by atoms with Crippen LogP contribution >= 0.6 is 0 Å². The van der Waals surface area contributed by atoms with Gasteiger partial charge in [-0.2, -0.15) is 13.2 Å². The SMILES string of the molecule is CO[Si](CCCc1cccc(C(F)(F)F)c1)(OC(C)C)OC(C)C. The summed E-state index contributed by atoms with van der Waals surface area (Å²) in [6, 6.07) is 5.99. The van der Waals surface area contributed by atoms with E-state index in [1.165, 1.54) is 12.1 Å². The normalized spacial score (nSPS) is 13.1. The molecule has 138 valence electrons. The molecule has 0 saturated heterocycles. The molecule has 0 aliphatic rings. The molecule has 0 spiro atoms. The predicted molar refractivity (Wildman–Crippen MR) is 89.8 cm³/mol. The first-order chi connectivity index (χ1) is 11.1. The second kappa shape index (κ2) is 8.99. The van der Waals surface area contributed by atoms with Gasteiger partial charge in [0.25, 0.3) is 0 Å². The van der Waals surface area contributed by atoms with Gasteiger partial charge in [0.1, 0.15) is 0 Å². The first kappa shape index (κ1) is 21.2. The van der Waals surface area contributed by atoms with Gasteiger partial charge in [0.2, 0.25) is 0 Å². The van der Waals surface area contributed by atoms with E-state index in [0.29, 0.717) is 24.4 Å². The molecule has 0 aromatic heterocycles. The molecule has 0 heterocycles. The van der Waals surface area contributed by atoms with E-state index in [1.54, 1.807) is 13.2 Å². The molecule has 0 unspecified atom stereocenters. The van der Waals surface area contributed by atoms with Crippen LogP contribution < -0.4 is 0 Å². The lowest BCUT2D eigenvalue weighted by Crippen LogP contribution is -2.48. The van der Waals surface area contributed by atoms with Crippen LogP contribution in [0, 0.1) is 0 Å². The zero-order chi connectivity index (χ0) is 18.4. The number of benzene rings is 1. The molecule has 0 fully saturated rings. The van der Waals surface area contributed by atoms with E-state index in [9.17, 15) is 13.2 Å². The van der Waals surface area contributed by atoms with Crippen molar-refractivity contribution in [3.8, 4) is 0 Å². The van der Waals surface area contributed by atoms with Gasteiger partial charge in [0.15, 0.2) is 0 Å². The van der Waals surface area contributed by atoms with Crippen LogP contribution in [-0.4, -0.2) is 28.1 Å². The Morgan fingerprint density at radius 1 is 1.04 bits per heavy atom. The van der Waals surface area contributed by atoms with Crippen molar-refractivity contribution >= 4 is 8.80 Å². The van der Waals surface area contributed by atoms with E-state index < -0.39 is 20.5 Å². The van der Waals surface area contributed by atoms with Crippen molar-refractivity contribution in [1.29, 1.82) is 0 Å². The maximum absolute atomic E-state index is 12.8. The Labute approximate surface area is 143 Å². The first-order valence-electron chi connectivity index (χ1n) is 8.15. The molecule has 1 aromatic rings. The Morgan fingerprint density at radius 2 is 1.62 bits per heavy atom. The molecule has 0 aliphatic carbocycles. The number of aryl methyl sites for hydroxylation is 1. The molecular weight excluding hydrogens is 337 g/mol. The quantitative estimate of drug-likeness (QED) is 0.572. The van der Waals surface area contributed by atoms with Crippen molar-refractivity contribution in [3.05, 3.63) is 35.4 Å².